The van der Waals surface area contributed by atoms with Gasteiger partial charge in [0.15, 0.2) is 0 Å². The van der Waals surface area contributed by atoms with E-state index in [1.54, 1.807) is 7.11 Å². The van der Waals surface area contributed by atoms with Gasteiger partial charge in [-0.3, -0.25) is 0 Å². The molecule has 0 heterocycles. The highest BCUT2D eigenvalue weighted by Gasteiger charge is 2.30. The van der Waals surface area contributed by atoms with E-state index in [9.17, 15) is 13.2 Å². The van der Waals surface area contributed by atoms with Crippen molar-refractivity contribution in [3.8, 4) is 0 Å². The maximum absolute atomic E-state index is 12.4. The van der Waals surface area contributed by atoms with E-state index in [2.05, 4.69) is 0 Å². The summed E-state index contributed by atoms with van der Waals surface area (Å²) in [5, 5.41) is 0.240. The number of halogens is 3. The number of benzene rings is 1. The number of hydrogen-bond acceptors (Lipinski definition) is 3. The van der Waals surface area contributed by atoms with Gasteiger partial charge in [0.25, 0.3) is 0 Å². The first-order valence-corrected chi connectivity index (χ1v) is 6.35. The van der Waals surface area contributed by atoms with Crippen LogP contribution >= 0.6 is 11.8 Å². The topological polar surface area (TPSA) is 35.2 Å². The molecule has 1 aromatic rings. The van der Waals surface area contributed by atoms with Gasteiger partial charge in [-0.1, -0.05) is 6.92 Å². The Morgan fingerprint density at radius 2 is 2.06 bits per heavy atom. The Labute approximate surface area is 109 Å². The van der Waals surface area contributed by atoms with Gasteiger partial charge in [0, 0.05) is 29.5 Å². The molecule has 0 aliphatic carbocycles. The summed E-state index contributed by atoms with van der Waals surface area (Å²) in [7, 11) is 1.61. The fourth-order valence-corrected chi connectivity index (χ4v) is 2.38. The lowest BCUT2D eigenvalue weighted by Gasteiger charge is -2.14. The number of ether oxygens (including phenoxy) is 1. The molecule has 2 nitrogen and oxygen atoms in total. The van der Waals surface area contributed by atoms with Crippen molar-refractivity contribution in [2.24, 2.45) is 0 Å². The highest BCUT2D eigenvalue weighted by atomic mass is 32.2. The maximum atomic E-state index is 12.4. The molecular weight excluding hydrogens is 263 g/mol. The molecule has 0 radical (unpaired) electrons. The minimum absolute atomic E-state index is 0.166. The van der Waals surface area contributed by atoms with Crippen LogP contribution in [0.5, 0.6) is 0 Å². The van der Waals surface area contributed by atoms with Crippen LogP contribution in [0, 0.1) is 0 Å². The summed E-state index contributed by atoms with van der Waals surface area (Å²) in [5.41, 5.74) is 5.09. The molecule has 0 amide bonds. The molecule has 1 rings (SSSR count). The van der Waals surface area contributed by atoms with Crippen LogP contribution < -0.4 is 5.73 Å². The standard InChI is InChI=1S/C12H16F3NOS/c1-8(5-6-17-2)18-11-4-3-9(7-10(11)16)12(13,14)15/h3-4,7-8H,5-6,16H2,1-2H3. The van der Waals surface area contributed by atoms with Crippen LogP contribution in [0.3, 0.4) is 0 Å². The number of thioether (sulfide) groups is 1. The van der Waals surface area contributed by atoms with Gasteiger partial charge < -0.3 is 10.5 Å². The van der Waals surface area contributed by atoms with Crippen molar-refractivity contribution in [2.45, 2.75) is 29.7 Å². The lowest BCUT2D eigenvalue weighted by Crippen LogP contribution is -2.07. The van der Waals surface area contributed by atoms with E-state index in [-0.39, 0.29) is 10.9 Å². The minimum atomic E-state index is -4.35. The van der Waals surface area contributed by atoms with Gasteiger partial charge in [-0.05, 0) is 24.6 Å². The SMILES string of the molecule is COCCC(C)Sc1ccc(C(F)(F)F)cc1N. The van der Waals surface area contributed by atoms with Crippen LogP contribution in [0.4, 0.5) is 18.9 Å². The van der Waals surface area contributed by atoms with Gasteiger partial charge >= 0.3 is 6.18 Å². The van der Waals surface area contributed by atoms with E-state index >= 15 is 0 Å². The van der Waals surface area contributed by atoms with Gasteiger partial charge in [-0.2, -0.15) is 13.2 Å². The lowest BCUT2D eigenvalue weighted by atomic mass is 10.2. The molecule has 18 heavy (non-hydrogen) atoms. The number of rotatable bonds is 5. The zero-order valence-corrected chi connectivity index (χ0v) is 11.1. The summed E-state index contributed by atoms with van der Waals surface area (Å²) in [4.78, 5) is 0.673. The second-order valence-electron chi connectivity index (χ2n) is 3.96. The first-order valence-electron chi connectivity index (χ1n) is 5.47. The Morgan fingerprint density at radius 3 is 2.56 bits per heavy atom. The third-order valence-electron chi connectivity index (χ3n) is 2.39. The van der Waals surface area contributed by atoms with Crippen molar-refractivity contribution in [3.63, 3.8) is 0 Å². The second-order valence-corrected chi connectivity index (χ2v) is 5.44. The smallest absolute Gasteiger partial charge is 0.398 e. The molecule has 0 bridgehead atoms. The fourth-order valence-electron chi connectivity index (χ4n) is 1.39. The van der Waals surface area contributed by atoms with E-state index < -0.39 is 11.7 Å². The first-order chi connectivity index (χ1) is 8.34. The fraction of sp³-hybridized carbons (Fsp3) is 0.500. The Hall–Kier alpha value is -0.880. The Morgan fingerprint density at radius 1 is 1.39 bits per heavy atom. The van der Waals surface area contributed by atoms with Crippen LogP contribution in [0.1, 0.15) is 18.9 Å². The predicted molar refractivity (Wildman–Crippen MR) is 67.7 cm³/mol. The molecule has 0 spiro atoms. The summed E-state index contributed by atoms with van der Waals surface area (Å²) in [5.74, 6) is 0. The summed E-state index contributed by atoms with van der Waals surface area (Å²) in [6.07, 6.45) is -3.53. The van der Waals surface area contributed by atoms with E-state index in [0.29, 0.717) is 11.5 Å². The number of alkyl halides is 3. The van der Waals surface area contributed by atoms with Gasteiger partial charge in [-0.25, -0.2) is 0 Å². The molecule has 102 valence electrons. The maximum Gasteiger partial charge on any atom is 0.416 e. The average Bonchev–Trinajstić information content (AvgIpc) is 2.27. The minimum Gasteiger partial charge on any atom is -0.398 e. The summed E-state index contributed by atoms with van der Waals surface area (Å²) in [6, 6.07) is 3.46. The number of nitrogens with two attached hydrogens (primary N) is 1. The van der Waals surface area contributed by atoms with Gasteiger partial charge in [0.05, 0.1) is 5.56 Å². The van der Waals surface area contributed by atoms with E-state index in [4.69, 9.17) is 10.5 Å². The zero-order chi connectivity index (χ0) is 13.8. The van der Waals surface area contributed by atoms with Crippen molar-refractivity contribution >= 4 is 17.4 Å². The van der Waals surface area contributed by atoms with Crippen LogP contribution in [-0.4, -0.2) is 19.0 Å². The monoisotopic (exact) mass is 279 g/mol. The largest absolute Gasteiger partial charge is 0.416 e. The van der Waals surface area contributed by atoms with Crippen molar-refractivity contribution in [1.82, 2.24) is 0 Å². The molecule has 6 heteroatoms. The third-order valence-corrected chi connectivity index (χ3v) is 3.66. The van der Waals surface area contributed by atoms with Crippen molar-refractivity contribution < 1.29 is 17.9 Å². The van der Waals surface area contributed by atoms with Gasteiger partial charge in [0.1, 0.15) is 0 Å². The normalized spacial score (nSPS) is 13.6. The summed E-state index contributed by atoms with van der Waals surface area (Å²) in [6.45, 7) is 2.61. The van der Waals surface area contributed by atoms with Crippen molar-refractivity contribution in [1.29, 1.82) is 0 Å². The van der Waals surface area contributed by atoms with E-state index in [1.165, 1.54) is 17.8 Å². The summed E-state index contributed by atoms with van der Waals surface area (Å²) < 4.78 is 42.3. The second kappa shape index (κ2) is 6.33. The zero-order valence-electron chi connectivity index (χ0n) is 10.3. The number of hydrogen-bond donors (Lipinski definition) is 1. The Balaban J connectivity index is 2.74. The van der Waals surface area contributed by atoms with Crippen molar-refractivity contribution in [3.05, 3.63) is 23.8 Å². The Kier molecular flexibility index (Phi) is 5.34. The molecule has 1 unspecified atom stereocenters. The molecule has 0 aliphatic rings. The van der Waals surface area contributed by atoms with Crippen LogP contribution in [0.15, 0.2) is 23.1 Å². The van der Waals surface area contributed by atoms with Crippen molar-refractivity contribution in [2.75, 3.05) is 19.5 Å². The molecule has 0 aromatic heterocycles. The highest BCUT2D eigenvalue weighted by Crippen LogP contribution is 2.35. The lowest BCUT2D eigenvalue weighted by molar-refractivity contribution is -0.137. The number of anilines is 1. The quantitative estimate of drug-likeness (QED) is 0.657. The summed E-state index contributed by atoms with van der Waals surface area (Å²) >= 11 is 1.46. The molecule has 1 atom stereocenters. The molecule has 0 saturated heterocycles. The highest BCUT2D eigenvalue weighted by molar-refractivity contribution is 8.00. The molecule has 0 aliphatic heterocycles. The molecule has 1 aromatic carbocycles. The molecular formula is C12H16F3NOS. The van der Waals surface area contributed by atoms with Crippen LogP contribution in [0.25, 0.3) is 0 Å². The molecule has 0 saturated carbocycles. The molecule has 0 fully saturated rings. The molecule has 2 N–H and O–H groups in total. The predicted octanol–water partition coefficient (Wildman–Crippen LogP) is 3.80. The van der Waals surface area contributed by atoms with E-state index in [0.717, 1.165) is 18.6 Å². The third kappa shape index (κ3) is 4.42. The first kappa shape index (κ1) is 15.2. The van der Waals surface area contributed by atoms with Gasteiger partial charge in [0.2, 0.25) is 0 Å². The van der Waals surface area contributed by atoms with E-state index in [1.807, 2.05) is 6.92 Å². The van der Waals surface area contributed by atoms with Crippen LogP contribution in [-0.2, 0) is 10.9 Å². The average molecular weight is 279 g/mol. The number of nitrogen functional groups attached to an aromatic ring is 1. The van der Waals surface area contributed by atoms with Gasteiger partial charge in [-0.15, -0.1) is 11.8 Å². The van der Waals surface area contributed by atoms with Crippen LogP contribution in [0.2, 0.25) is 0 Å². The Bertz CT molecular complexity index is 395. The number of methoxy groups -OCH3 is 1.